The van der Waals surface area contributed by atoms with Crippen LogP contribution >= 0.6 is 0 Å². The molecular weight excluding hydrogens is 260 g/mol. The van der Waals surface area contributed by atoms with Gasteiger partial charge in [0.25, 0.3) is 0 Å². The lowest BCUT2D eigenvalue weighted by Crippen LogP contribution is -2.34. The topological polar surface area (TPSA) is 82.8 Å². The Morgan fingerprint density at radius 1 is 1.05 bits per heavy atom. The van der Waals surface area contributed by atoms with Crippen LogP contribution in [0.3, 0.4) is 0 Å². The lowest BCUT2D eigenvalue weighted by molar-refractivity contribution is -0.119. The molecule has 2 unspecified atom stereocenters. The molecule has 1 rings (SSSR count). The molecule has 0 radical (unpaired) electrons. The van der Waals surface area contributed by atoms with Gasteiger partial charge in [0.1, 0.15) is 5.75 Å². The van der Waals surface area contributed by atoms with Crippen LogP contribution < -0.4 is 25.3 Å². The van der Waals surface area contributed by atoms with Crippen LogP contribution in [0.15, 0.2) is 12.1 Å². The summed E-state index contributed by atoms with van der Waals surface area (Å²) in [6.07, 6.45) is 0. The van der Waals surface area contributed by atoms with Crippen molar-refractivity contribution in [2.75, 3.05) is 26.6 Å². The number of nitrogens with two attached hydrogens (primary N) is 1. The monoisotopic (exact) mass is 282 g/mol. The smallest absolute Gasteiger partial charge is 0.228 e. The van der Waals surface area contributed by atoms with Crippen LogP contribution in [0.2, 0.25) is 0 Å². The molecule has 6 nitrogen and oxygen atoms in total. The van der Waals surface area contributed by atoms with Gasteiger partial charge in [0, 0.05) is 18.2 Å². The highest BCUT2D eigenvalue weighted by Gasteiger charge is 2.20. The van der Waals surface area contributed by atoms with Crippen molar-refractivity contribution >= 4 is 11.6 Å². The summed E-state index contributed by atoms with van der Waals surface area (Å²) in [6.45, 7) is 3.56. The third-order valence-electron chi connectivity index (χ3n) is 3.17. The predicted octanol–water partition coefficient (Wildman–Crippen LogP) is 1.63. The average Bonchev–Trinajstić information content (AvgIpc) is 2.45. The van der Waals surface area contributed by atoms with Gasteiger partial charge in [-0.05, 0) is 6.92 Å². The van der Waals surface area contributed by atoms with E-state index in [-0.39, 0.29) is 17.9 Å². The van der Waals surface area contributed by atoms with Crippen molar-refractivity contribution in [3.05, 3.63) is 12.1 Å². The zero-order valence-electron chi connectivity index (χ0n) is 12.5. The molecule has 3 N–H and O–H groups in total. The van der Waals surface area contributed by atoms with Gasteiger partial charge in [-0.1, -0.05) is 6.92 Å². The van der Waals surface area contributed by atoms with Gasteiger partial charge in [-0.3, -0.25) is 4.79 Å². The summed E-state index contributed by atoms with van der Waals surface area (Å²) in [5, 5.41) is 2.79. The van der Waals surface area contributed by atoms with E-state index in [2.05, 4.69) is 5.32 Å². The number of hydrogen-bond donors (Lipinski definition) is 2. The summed E-state index contributed by atoms with van der Waals surface area (Å²) in [7, 11) is 4.58. The molecular formula is C14H22N2O4. The van der Waals surface area contributed by atoms with Crippen molar-refractivity contribution in [1.29, 1.82) is 0 Å². The average molecular weight is 282 g/mol. The molecule has 0 aliphatic heterocycles. The first kappa shape index (κ1) is 16.1. The predicted molar refractivity (Wildman–Crippen MR) is 77.5 cm³/mol. The van der Waals surface area contributed by atoms with Crippen LogP contribution in [-0.4, -0.2) is 33.3 Å². The Morgan fingerprint density at radius 2 is 1.55 bits per heavy atom. The molecule has 6 heteroatoms. The number of anilines is 1. The first-order valence-corrected chi connectivity index (χ1v) is 6.31. The van der Waals surface area contributed by atoms with E-state index in [1.54, 1.807) is 26.0 Å². The molecule has 112 valence electrons. The highest BCUT2D eigenvalue weighted by Crippen LogP contribution is 2.37. The number of benzene rings is 1. The van der Waals surface area contributed by atoms with Crippen molar-refractivity contribution in [1.82, 2.24) is 0 Å². The zero-order chi connectivity index (χ0) is 15.3. The van der Waals surface area contributed by atoms with E-state index in [0.717, 1.165) is 0 Å². The van der Waals surface area contributed by atoms with Crippen LogP contribution in [0.25, 0.3) is 0 Å². The van der Waals surface area contributed by atoms with Gasteiger partial charge in [-0.2, -0.15) is 0 Å². The molecule has 0 fully saturated rings. The van der Waals surface area contributed by atoms with Gasteiger partial charge in [0.15, 0.2) is 11.5 Å². The van der Waals surface area contributed by atoms with Gasteiger partial charge in [0.05, 0.1) is 32.9 Å². The second-order valence-electron chi connectivity index (χ2n) is 4.54. The fourth-order valence-corrected chi connectivity index (χ4v) is 1.61. The van der Waals surface area contributed by atoms with E-state index in [1.165, 1.54) is 21.3 Å². The molecule has 0 aromatic heterocycles. The maximum atomic E-state index is 12.1. The quantitative estimate of drug-likeness (QED) is 0.828. The Morgan fingerprint density at radius 3 is 2.00 bits per heavy atom. The van der Waals surface area contributed by atoms with E-state index < -0.39 is 0 Å². The molecule has 0 heterocycles. The van der Waals surface area contributed by atoms with Crippen molar-refractivity contribution in [3.8, 4) is 17.2 Å². The van der Waals surface area contributed by atoms with Crippen LogP contribution in [0.1, 0.15) is 13.8 Å². The molecule has 0 bridgehead atoms. The summed E-state index contributed by atoms with van der Waals surface area (Å²) in [5.74, 6) is 1.05. The number of carbonyl (C=O) groups is 1. The summed E-state index contributed by atoms with van der Waals surface area (Å²) in [6, 6.07) is 3.08. The molecule has 0 spiro atoms. The van der Waals surface area contributed by atoms with Crippen LogP contribution in [0.4, 0.5) is 5.69 Å². The number of nitrogens with one attached hydrogen (secondary N) is 1. The number of ether oxygens (including phenoxy) is 3. The molecule has 1 aromatic carbocycles. The number of hydrogen-bond acceptors (Lipinski definition) is 5. The second-order valence-corrected chi connectivity index (χ2v) is 4.54. The Labute approximate surface area is 119 Å². The molecule has 0 aliphatic rings. The molecule has 1 aromatic rings. The van der Waals surface area contributed by atoms with E-state index in [4.69, 9.17) is 19.9 Å². The van der Waals surface area contributed by atoms with Gasteiger partial charge in [0.2, 0.25) is 5.91 Å². The molecule has 0 saturated heterocycles. The number of amides is 1. The highest BCUT2D eigenvalue weighted by molar-refractivity contribution is 5.94. The minimum Gasteiger partial charge on any atom is -0.494 e. The Kier molecular flexibility index (Phi) is 5.64. The largest absolute Gasteiger partial charge is 0.494 e. The van der Waals surface area contributed by atoms with Crippen LogP contribution in [-0.2, 0) is 4.79 Å². The lowest BCUT2D eigenvalue weighted by atomic mass is 10.0. The highest BCUT2D eigenvalue weighted by atomic mass is 16.5. The minimum atomic E-state index is -0.312. The third-order valence-corrected chi connectivity index (χ3v) is 3.17. The summed E-state index contributed by atoms with van der Waals surface area (Å²) < 4.78 is 15.6. The molecule has 1 amide bonds. The summed E-state index contributed by atoms with van der Waals surface area (Å²) in [5.41, 5.74) is 6.24. The number of carbonyl (C=O) groups excluding carboxylic acids is 1. The molecule has 2 atom stereocenters. The van der Waals surface area contributed by atoms with Gasteiger partial charge in [-0.25, -0.2) is 0 Å². The van der Waals surface area contributed by atoms with E-state index >= 15 is 0 Å². The van der Waals surface area contributed by atoms with E-state index in [1.807, 2.05) is 0 Å². The SMILES string of the molecule is COc1cc(OC)c(OC)cc1NC(=O)C(C)C(C)N. The Hall–Kier alpha value is -1.95. The normalized spacial score (nSPS) is 13.3. The van der Waals surface area contributed by atoms with Gasteiger partial charge in [-0.15, -0.1) is 0 Å². The van der Waals surface area contributed by atoms with Crippen LogP contribution in [0, 0.1) is 5.92 Å². The van der Waals surface area contributed by atoms with Crippen molar-refractivity contribution < 1.29 is 19.0 Å². The maximum absolute atomic E-state index is 12.1. The Balaban J connectivity index is 3.08. The van der Waals surface area contributed by atoms with Crippen molar-refractivity contribution in [3.63, 3.8) is 0 Å². The molecule has 0 aliphatic carbocycles. The second kappa shape index (κ2) is 7.00. The standard InChI is InChI=1S/C14H22N2O4/c1-8(9(2)15)14(17)16-10-6-12(19-4)13(20-5)7-11(10)18-3/h6-9H,15H2,1-5H3,(H,16,17). The fraction of sp³-hybridized carbons (Fsp3) is 0.500. The fourth-order valence-electron chi connectivity index (χ4n) is 1.61. The molecule has 0 saturated carbocycles. The maximum Gasteiger partial charge on any atom is 0.228 e. The van der Waals surface area contributed by atoms with Gasteiger partial charge >= 0.3 is 0 Å². The lowest BCUT2D eigenvalue weighted by Gasteiger charge is -2.18. The third kappa shape index (κ3) is 3.54. The minimum absolute atomic E-state index is 0.175. The first-order valence-electron chi connectivity index (χ1n) is 6.31. The Bertz CT molecular complexity index is 474. The van der Waals surface area contributed by atoms with Crippen LogP contribution in [0.5, 0.6) is 17.2 Å². The van der Waals surface area contributed by atoms with Gasteiger partial charge < -0.3 is 25.3 Å². The molecule has 20 heavy (non-hydrogen) atoms. The summed E-state index contributed by atoms with van der Waals surface area (Å²) in [4.78, 5) is 12.1. The zero-order valence-corrected chi connectivity index (χ0v) is 12.5. The number of methoxy groups -OCH3 is 3. The first-order chi connectivity index (χ1) is 9.44. The van der Waals surface area contributed by atoms with E-state index in [0.29, 0.717) is 22.9 Å². The van der Waals surface area contributed by atoms with Crippen molar-refractivity contribution in [2.24, 2.45) is 11.7 Å². The van der Waals surface area contributed by atoms with E-state index in [9.17, 15) is 4.79 Å². The number of rotatable bonds is 6. The van der Waals surface area contributed by atoms with Crippen molar-refractivity contribution in [2.45, 2.75) is 19.9 Å². The summed E-state index contributed by atoms with van der Waals surface area (Å²) >= 11 is 0.